The smallest absolute Gasteiger partial charge is 0.360 e. The number of hydrogen-bond donors (Lipinski definition) is 1. The molecule has 2 heterocycles. The standard InChI is InChI=1S/C57H86N2O13Si2/c1-16-28-49(70-42-66-34-36-73(10,11)12)56(3,4)48(60)32-26-22-18-20-24-30-45(64-8)39-53-59-47(41-69-53)55(62)72-51(57(5,6)50(29-17-2)71-43-67-35-37-74(13,14)15)33-27-23-19-21-25-31-44(63-7)38-52-58-46(40-68-52)54(61)65-9/h16-17,22-31,40-41,44-45,48-51,60H,32-39,42-43H2,1-15H3/b26-22-,27-23-,28-16+,29-17+,30-24+,31-25+/t44-,45-,48-,49-,50-,51-/m0/s1. The van der Waals surface area contributed by atoms with E-state index in [1.807, 2.05) is 78.0 Å². The molecule has 0 radical (unpaired) electrons. The van der Waals surface area contributed by atoms with Crippen LogP contribution in [0.3, 0.4) is 0 Å². The van der Waals surface area contributed by atoms with Gasteiger partial charge in [0.25, 0.3) is 0 Å². The molecule has 0 unspecified atom stereocenters. The molecule has 0 aliphatic rings. The third kappa shape index (κ3) is 25.5. The Morgan fingerprint density at radius 3 is 1.51 bits per heavy atom. The van der Waals surface area contributed by atoms with Crippen molar-refractivity contribution in [1.82, 2.24) is 9.97 Å². The first-order valence-electron chi connectivity index (χ1n) is 25.2. The minimum absolute atomic E-state index is 0.00961. The molecule has 0 fully saturated rings. The van der Waals surface area contributed by atoms with Crippen LogP contribution in [0.2, 0.25) is 51.4 Å². The Labute approximate surface area is 444 Å². The van der Waals surface area contributed by atoms with Crippen LogP contribution < -0.4 is 0 Å². The fourth-order valence-electron chi connectivity index (χ4n) is 6.79. The van der Waals surface area contributed by atoms with Gasteiger partial charge in [-0.15, -0.1) is 0 Å². The number of carbonyl (C=O) groups is 2. The zero-order valence-electron chi connectivity index (χ0n) is 46.9. The van der Waals surface area contributed by atoms with E-state index in [9.17, 15) is 14.7 Å². The lowest BCUT2D eigenvalue weighted by atomic mass is 9.78. The van der Waals surface area contributed by atoms with Gasteiger partial charge >= 0.3 is 11.9 Å². The Bertz CT molecular complexity index is 2270. The zero-order chi connectivity index (χ0) is 55.2. The number of aliphatic hydroxyl groups is 1. The zero-order valence-corrected chi connectivity index (χ0v) is 48.9. The van der Waals surface area contributed by atoms with Crippen molar-refractivity contribution in [1.29, 1.82) is 0 Å². The van der Waals surface area contributed by atoms with Crippen LogP contribution in [0.15, 0.2) is 94.3 Å². The highest BCUT2D eigenvalue weighted by atomic mass is 28.3. The van der Waals surface area contributed by atoms with Crippen LogP contribution in [-0.2, 0) is 50.7 Å². The van der Waals surface area contributed by atoms with Crippen LogP contribution in [0.4, 0.5) is 0 Å². The van der Waals surface area contributed by atoms with E-state index in [1.54, 1.807) is 50.7 Å². The van der Waals surface area contributed by atoms with Crippen LogP contribution in [0.25, 0.3) is 0 Å². The van der Waals surface area contributed by atoms with E-state index in [-0.39, 0.29) is 49.8 Å². The molecule has 0 aromatic carbocycles. The van der Waals surface area contributed by atoms with Crippen molar-refractivity contribution in [3.8, 4) is 23.7 Å². The SMILES string of the molecule is C/C=C/[C@H](OCOCC[Si](C)(C)C)C(C)(C)[C@H](C/C=C\C#C/C=C/[C@@H](Cc1nc(C(=O)OC)co1)OC)OC(=O)c1coc(C[C@H](/C=C/C#C/C=C\C[C@H](O)C(C)(C)[C@H](/C=C/C)OCOCC[Si](C)(C)C)OC)n1. The van der Waals surface area contributed by atoms with E-state index >= 15 is 0 Å². The summed E-state index contributed by atoms with van der Waals surface area (Å²) in [6.45, 7) is 27.1. The summed E-state index contributed by atoms with van der Waals surface area (Å²) >= 11 is 0. The van der Waals surface area contributed by atoms with E-state index in [1.165, 1.54) is 19.6 Å². The van der Waals surface area contributed by atoms with Crippen molar-refractivity contribution in [3.05, 3.63) is 109 Å². The summed E-state index contributed by atoms with van der Waals surface area (Å²) in [7, 11) is 1.90. The summed E-state index contributed by atoms with van der Waals surface area (Å²) in [5.74, 6) is 11.3. The van der Waals surface area contributed by atoms with Crippen molar-refractivity contribution < 1.29 is 61.4 Å². The summed E-state index contributed by atoms with van der Waals surface area (Å²) in [5.41, 5.74) is -1.24. The Morgan fingerprint density at radius 1 is 0.649 bits per heavy atom. The number of esters is 2. The van der Waals surface area contributed by atoms with Crippen LogP contribution >= 0.6 is 0 Å². The average Bonchev–Trinajstić information content (AvgIpc) is 4.02. The van der Waals surface area contributed by atoms with E-state index in [2.05, 4.69) is 77.7 Å². The number of methoxy groups -OCH3 is 3. The normalized spacial score (nSPS) is 15.4. The van der Waals surface area contributed by atoms with E-state index < -0.39 is 69.4 Å². The van der Waals surface area contributed by atoms with Gasteiger partial charge in [0, 0.05) is 60.8 Å². The molecule has 17 heteroatoms. The number of aromatic nitrogens is 2. The molecule has 0 spiro atoms. The van der Waals surface area contributed by atoms with Crippen molar-refractivity contribution >= 4 is 28.1 Å². The Balaban J connectivity index is 2.15. The lowest BCUT2D eigenvalue weighted by Crippen LogP contribution is -2.43. The molecule has 410 valence electrons. The van der Waals surface area contributed by atoms with Gasteiger partial charge in [-0.2, -0.15) is 0 Å². The maximum atomic E-state index is 13.8. The second-order valence-corrected chi connectivity index (χ2v) is 32.5. The second kappa shape index (κ2) is 33.9. The molecular weight excluding hydrogens is 977 g/mol. The van der Waals surface area contributed by atoms with Crippen LogP contribution in [0.1, 0.15) is 87.1 Å². The Morgan fingerprint density at radius 2 is 1.08 bits per heavy atom. The van der Waals surface area contributed by atoms with Crippen LogP contribution in [-0.4, -0.2) is 128 Å². The number of oxazole rings is 2. The quantitative estimate of drug-likeness (QED) is 0.0178. The van der Waals surface area contributed by atoms with E-state index in [4.69, 9.17) is 42.0 Å². The number of rotatable bonds is 33. The molecule has 2 rings (SSSR count). The second-order valence-electron chi connectivity index (χ2n) is 21.2. The topological polar surface area (TPSA) is 180 Å². The van der Waals surface area contributed by atoms with Gasteiger partial charge in [0.05, 0.1) is 50.5 Å². The van der Waals surface area contributed by atoms with Gasteiger partial charge in [0.1, 0.15) is 32.2 Å². The first kappa shape index (κ1) is 65.2. The number of aliphatic hydroxyl groups excluding tert-OH is 1. The minimum atomic E-state index is -1.30. The molecule has 0 amide bonds. The molecule has 0 aliphatic carbocycles. The maximum Gasteiger partial charge on any atom is 0.360 e. The number of carbonyl (C=O) groups excluding carboxylic acids is 2. The monoisotopic (exact) mass is 1060 g/mol. The molecule has 2 aromatic heterocycles. The number of nitrogens with zero attached hydrogens (tertiary/aromatic N) is 2. The first-order valence-corrected chi connectivity index (χ1v) is 32.6. The molecule has 74 heavy (non-hydrogen) atoms. The summed E-state index contributed by atoms with van der Waals surface area (Å²) in [6, 6.07) is 2.07. The summed E-state index contributed by atoms with van der Waals surface area (Å²) in [5, 5.41) is 11.1. The van der Waals surface area contributed by atoms with E-state index in [0.29, 0.717) is 31.9 Å². The van der Waals surface area contributed by atoms with Gasteiger partial charge in [-0.3, -0.25) is 0 Å². The Kier molecular flexibility index (Phi) is 29.8. The summed E-state index contributed by atoms with van der Waals surface area (Å²) in [4.78, 5) is 34.2. The number of hydrogen-bond acceptors (Lipinski definition) is 15. The molecule has 6 atom stereocenters. The Hall–Kier alpha value is -4.93. The predicted molar refractivity (Wildman–Crippen MR) is 295 cm³/mol. The summed E-state index contributed by atoms with van der Waals surface area (Å²) in [6.07, 6.45) is 22.4. The van der Waals surface area contributed by atoms with E-state index in [0.717, 1.165) is 12.1 Å². The molecule has 0 saturated carbocycles. The van der Waals surface area contributed by atoms with Gasteiger partial charge in [0.2, 0.25) is 0 Å². The number of ether oxygens (including phenoxy) is 8. The van der Waals surface area contributed by atoms with Gasteiger partial charge in [-0.05, 0) is 68.8 Å². The largest absolute Gasteiger partial charge is 0.464 e. The third-order valence-electron chi connectivity index (χ3n) is 11.9. The van der Waals surface area contributed by atoms with Gasteiger partial charge in [0.15, 0.2) is 23.2 Å². The van der Waals surface area contributed by atoms with Gasteiger partial charge in [-0.1, -0.05) is 127 Å². The number of allylic oxidation sites excluding steroid dienone is 6. The fraction of sp³-hybridized carbons (Fsp3) is 0.579. The highest BCUT2D eigenvalue weighted by molar-refractivity contribution is 6.76. The minimum Gasteiger partial charge on any atom is -0.464 e. The fourth-order valence-corrected chi connectivity index (χ4v) is 8.30. The average molecular weight is 1060 g/mol. The van der Waals surface area contributed by atoms with Gasteiger partial charge in [-0.25, -0.2) is 19.6 Å². The van der Waals surface area contributed by atoms with Crippen molar-refractivity contribution in [2.24, 2.45) is 10.8 Å². The lowest BCUT2D eigenvalue weighted by Gasteiger charge is -2.38. The molecule has 15 nitrogen and oxygen atoms in total. The molecule has 0 saturated heterocycles. The lowest BCUT2D eigenvalue weighted by molar-refractivity contribution is -0.129. The third-order valence-corrected chi connectivity index (χ3v) is 15.3. The predicted octanol–water partition coefficient (Wildman–Crippen LogP) is 10.8. The highest BCUT2D eigenvalue weighted by Crippen LogP contribution is 2.35. The van der Waals surface area contributed by atoms with Crippen LogP contribution in [0.5, 0.6) is 0 Å². The van der Waals surface area contributed by atoms with Gasteiger partial charge < -0.3 is 51.8 Å². The molecule has 0 bridgehead atoms. The molecular formula is C57H86N2O13Si2. The molecule has 1 N–H and O–H groups in total. The van der Waals surface area contributed by atoms with Crippen LogP contribution in [0, 0.1) is 34.5 Å². The highest BCUT2D eigenvalue weighted by Gasteiger charge is 2.40. The van der Waals surface area contributed by atoms with Crippen molar-refractivity contribution in [2.75, 3.05) is 48.1 Å². The molecule has 2 aromatic rings. The summed E-state index contributed by atoms with van der Waals surface area (Å²) < 4.78 is 57.2. The van der Waals surface area contributed by atoms with Crippen molar-refractivity contribution in [2.45, 2.75) is 155 Å². The molecule has 0 aliphatic heterocycles. The first-order chi connectivity index (χ1) is 35.0. The van der Waals surface area contributed by atoms with Crippen molar-refractivity contribution in [3.63, 3.8) is 0 Å². The maximum absolute atomic E-state index is 13.8.